The lowest BCUT2D eigenvalue weighted by atomic mass is 10.3. The third kappa shape index (κ3) is 3.39. The third-order valence-corrected chi connectivity index (χ3v) is 3.34. The van der Waals surface area contributed by atoms with Crippen molar-refractivity contribution in [1.82, 2.24) is 19.6 Å². The van der Waals surface area contributed by atoms with E-state index in [0.717, 1.165) is 6.20 Å². The molecule has 0 bridgehead atoms. The van der Waals surface area contributed by atoms with Crippen LogP contribution in [0.15, 0.2) is 12.4 Å². The van der Waals surface area contributed by atoms with Crippen LogP contribution in [0.1, 0.15) is 23.1 Å². The third-order valence-electron chi connectivity index (χ3n) is 3.34. The lowest BCUT2D eigenvalue weighted by Crippen LogP contribution is -2.31. The minimum atomic E-state index is -5.07. The Hall–Kier alpha value is -2.85. The van der Waals surface area contributed by atoms with Crippen LogP contribution in [0.2, 0.25) is 0 Å². The Labute approximate surface area is 134 Å². The van der Waals surface area contributed by atoms with E-state index in [9.17, 15) is 22.8 Å². The zero-order valence-corrected chi connectivity index (χ0v) is 13.1. The highest BCUT2D eigenvalue weighted by atomic mass is 19.4. The molecule has 0 radical (unpaired) electrons. The summed E-state index contributed by atoms with van der Waals surface area (Å²) in [6.45, 7) is 3.61. The highest BCUT2D eigenvalue weighted by Gasteiger charge is 2.39. The van der Waals surface area contributed by atoms with Gasteiger partial charge >= 0.3 is 12.1 Å². The summed E-state index contributed by atoms with van der Waals surface area (Å²) in [7, 11) is 1.68. The molecule has 2 amide bonds. The van der Waals surface area contributed by atoms with Crippen LogP contribution in [-0.4, -0.2) is 37.6 Å². The van der Waals surface area contributed by atoms with Crippen molar-refractivity contribution in [3.8, 4) is 0 Å². The smallest absolute Gasteiger partial charge is 0.318 e. The summed E-state index contributed by atoms with van der Waals surface area (Å²) in [5, 5.41) is 12.0. The average Bonchev–Trinajstić information content (AvgIpc) is 3.04. The molecule has 0 spiro atoms. The van der Waals surface area contributed by atoms with Crippen molar-refractivity contribution in [2.75, 3.05) is 10.6 Å². The van der Waals surface area contributed by atoms with Crippen molar-refractivity contribution in [2.24, 2.45) is 7.05 Å². The molecule has 2 heterocycles. The maximum atomic E-state index is 12.4. The second kappa shape index (κ2) is 6.34. The Kier molecular flexibility index (Phi) is 4.62. The number of aryl methyl sites for hydroxylation is 2. The van der Waals surface area contributed by atoms with Crippen LogP contribution >= 0.6 is 0 Å². The van der Waals surface area contributed by atoms with E-state index in [1.807, 2.05) is 0 Å². The molecule has 0 fully saturated rings. The maximum Gasteiger partial charge on any atom is 0.471 e. The quantitative estimate of drug-likeness (QED) is 0.883. The Morgan fingerprint density at radius 1 is 1.17 bits per heavy atom. The molecule has 0 unspecified atom stereocenters. The van der Waals surface area contributed by atoms with Crippen LogP contribution in [0, 0.1) is 6.92 Å². The van der Waals surface area contributed by atoms with Gasteiger partial charge in [0.05, 0.1) is 29.5 Å². The Morgan fingerprint density at radius 2 is 1.79 bits per heavy atom. The van der Waals surface area contributed by atoms with Crippen molar-refractivity contribution in [3.63, 3.8) is 0 Å². The lowest BCUT2D eigenvalue weighted by Gasteiger charge is -2.10. The minimum Gasteiger partial charge on any atom is -0.318 e. The normalized spacial score (nSPS) is 11.4. The number of hydrogen-bond donors (Lipinski definition) is 2. The molecular weight excluding hydrogens is 329 g/mol. The molecular formula is C13H15F3N6O2. The van der Waals surface area contributed by atoms with E-state index in [2.05, 4.69) is 15.5 Å². The summed E-state index contributed by atoms with van der Waals surface area (Å²) in [5.74, 6) is -2.88. The average molecular weight is 344 g/mol. The first kappa shape index (κ1) is 17.5. The number of halogens is 3. The summed E-state index contributed by atoms with van der Waals surface area (Å²) in [5.41, 5.74) is 0.558. The molecule has 0 aliphatic heterocycles. The number of anilines is 2. The van der Waals surface area contributed by atoms with Gasteiger partial charge in [-0.05, 0) is 13.8 Å². The molecule has 8 nitrogen and oxygen atoms in total. The van der Waals surface area contributed by atoms with Gasteiger partial charge in [0.2, 0.25) is 0 Å². The van der Waals surface area contributed by atoms with E-state index < -0.39 is 18.0 Å². The van der Waals surface area contributed by atoms with E-state index in [0.29, 0.717) is 11.4 Å². The molecule has 0 atom stereocenters. The summed E-state index contributed by atoms with van der Waals surface area (Å²) < 4.78 is 39.9. The first-order chi connectivity index (χ1) is 11.1. The first-order valence-electron chi connectivity index (χ1n) is 6.89. The van der Waals surface area contributed by atoms with Crippen molar-refractivity contribution in [2.45, 2.75) is 26.6 Å². The van der Waals surface area contributed by atoms with Crippen LogP contribution in [0.5, 0.6) is 0 Å². The standard InChI is InChI=1S/C13H15F3N6O2/c1-4-22-10(9(6-18-22)20-12(24)13(14,15)16)11(23)19-8-5-17-21(3)7(8)2/h5-6H,4H2,1-3H3,(H,19,23)(H,20,24). The molecule has 0 aliphatic rings. The number of nitrogens with zero attached hydrogens (tertiary/aromatic N) is 4. The number of amides is 2. The molecule has 0 saturated heterocycles. The number of carbonyl (C=O) groups excluding carboxylic acids is 2. The van der Waals surface area contributed by atoms with E-state index in [1.165, 1.54) is 15.6 Å². The van der Waals surface area contributed by atoms with Gasteiger partial charge in [-0.15, -0.1) is 0 Å². The van der Waals surface area contributed by atoms with Crippen LogP contribution in [-0.2, 0) is 18.4 Å². The van der Waals surface area contributed by atoms with Gasteiger partial charge in [0.15, 0.2) is 0 Å². The molecule has 2 aromatic heterocycles. The predicted molar refractivity (Wildman–Crippen MR) is 78.5 cm³/mol. The van der Waals surface area contributed by atoms with Gasteiger partial charge in [-0.3, -0.25) is 19.0 Å². The number of alkyl halides is 3. The second-order valence-corrected chi connectivity index (χ2v) is 4.90. The fraction of sp³-hybridized carbons (Fsp3) is 0.385. The first-order valence-corrected chi connectivity index (χ1v) is 6.89. The molecule has 0 aromatic carbocycles. The molecule has 11 heteroatoms. The van der Waals surface area contributed by atoms with Gasteiger partial charge in [0, 0.05) is 13.6 Å². The summed E-state index contributed by atoms with van der Waals surface area (Å²) >= 11 is 0. The molecule has 0 aliphatic carbocycles. The topological polar surface area (TPSA) is 93.8 Å². The fourth-order valence-electron chi connectivity index (χ4n) is 1.95. The highest BCUT2D eigenvalue weighted by molar-refractivity contribution is 6.09. The van der Waals surface area contributed by atoms with E-state index in [4.69, 9.17) is 0 Å². The molecule has 2 aromatic rings. The Morgan fingerprint density at radius 3 is 2.29 bits per heavy atom. The monoisotopic (exact) mass is 344 g/mol. The number of aromatic nitrogens is 4. The van der Waals surface area contributed by atoms with Crippen molar-refractivity contribution in [3.05, 3.63) is 23.8 Å². The lowest BCUT2D eigenvalue weighted by molar-refractivity contribution is -0.167. The van der Waals surface area contributed by atoms with Crippen LogP contribution in [0.25, 0.3) is 0 Å². The van der Waals surface area contributed by atoms with Gasteiger partial charge in [-0.25, -0.2) is 0 Å². The number of hydrogen-bond acceptors (Lipinski definition) is 4. The minimum absolute atomic E-state index is 0.182. The SMILES string of the molecule is CCn1ncc(NC(=O)C(F)(F)F)c1C(=O)Nc1cnn(C)c1C. The van der Waals surface area contributed by atoms with Crippen molar-refractivity contribution in [1.29, 1.82) is 0 Å². The van der Waals surface area contributed by atoms with Gasteiger partial charge in [0.1, 0.15) is 5.69 Å². The zero-order chi connectivity index (χ0) is 18.1. The summed E-state index contributed by atoms with van der Waals surface area (Å²) in [6, 6.07) is 0. The van der Waals surface area contributed by atoms with Crippen molar-refractivity contribution < 1.29 is 22.8 Å². The van der Waals surface area contributed by atoms with Gasteiger partial charge in [0.25, 0.3) is 5.91 Å². The van der Waals surface area contributed by atoms with Gasteiger partial charge in [-0.2, -0.15) is 23.4 Å². The molecule has 0 saturated carbocycles. The Bertz CT molecular complexity index is 777. The number of rotatable bonds is 4. The molecule has 2 rings (SSSR count). The predicted octanol–water partition coefficient (Wildman–Crippen LogP) is 1.70. The number of carbonyl (C=O) groups is 2. The van der Waals surface area contributed by atoms with E-state index in [-0.39, 0.29) is 17.9 Å². The maximum absolute atomic E-state index is 12.4. The Balaban J connectivity index is 2.31. The van der Waals surface area contributed by atoms with Crippen LogP contribution in [0.4, 0.5) is 24.5 Å². The summed E-state index contributed by atoms with van der Waals surface area (Å²) in [4.78, 5) is 23.5. The highest BCUT2D eigenvalue weighted by Crippen LogP contribution is 2.22. The number of nitrogens with one attached hydrogen (secondary N) is 2. The molecule has 2 N–H and O–H groups in total. The molecule has 130 valence electrons. The van der Waals surface area contributed by atoms with E-state index >= 15 is 0 Å². The van der Waals surface area contributed by atoms with E-state index in [1.54, 1.807) is 26.2 Å². The zero-order valence-electron chi connectivity index (χ0n) is 13.1. The van der Waals surface area contributed by atoms with Gasteiger partial charge < -0.3 is 10.6 Å². The molecule has 24 heavy (non-hydrogen) atoms. The van der Waals surface area contributed by atoms with Crippen LogP contribution < -0.4 is 10.6 Å². The van der Waals surface area contributed by atoms with Gasteiger partial charge in [-0.1, -0.05) is 0 Å². The summed E-state index contributed by atoms with van der Waals surface area (Å²) in [6.07, 6.45) is -2.66. The fourth-order valence-corrected chi connectivity index (χ4v) is 1.95. The second-order valence-electron chi connectivity index (χ2n) is 4.90. The van der Waals surface area contributed by atoms with Crippen LogP contribution in [0.3, 0.4) is 0 Å². The van der Waals surface area contributed by atoms with Crippen molar-refractivity contribution >= 4 is 23.2 Å². The largest absolute Gasteiger partial charge is 0.471 e.